The molecular weight excluding hydrogens is 502 g/mol. The van der Waals surface area contributed by atoms with Gasteiger partial charge in [-0.25, -0.2) is 4.79 Å². The van der Waals surface area contributed by atoms with Gasteiger partial charge < -0.3 is 37.6 Å². The number of carboxylic acids is 2. The van der Waals surface area contributed by atoms with Gasteiger partial charge in [0, 0.05) is 12.8 Å². The van der Waals surface area contributed by atoms with Gasteiger partial charge in [-0.05, 0) is 49.7 Å². The Morgan fingerprint density at radius 1 is 0.714 bits per heavy atom. The summed E-state index contributed by atoms with van der Waals surface area (Å²) in [5, 5.41) is 25.5. The number of rotatable bonds is 19. The minimum Gasteiger partial charge on any atom is -0.481 e. The summed E-state index contributed by atoms with van der Waals surface area (Å²) in [6, 6.07) is -4.64. The number of primary amides is 1. The summed E-state index contributed by atoms with van der Waals surface area (Å²) in [4.78, 5) is 71.3. The summed E-state index contributed by atoms with van der Waals surface area (Å²) in [6.07, 6.45) is 3.13. The number of nitrogens with two attached hydrogens (primary N) is 2. The largest absolute Gasteiger partial charge is 0.481 e. The Labute approximate surface area is 212 Å². The highest BCUT2D eigenvalue weighted by molar-refractivity contribution is 7.98. The van der Waals surface area contributed by atoms with Gasteiger partial charge in [-0.3, -0.25) is 24.0 Å². The standard InChI is InChI=1S/C20H35N5O8S2/c1-34-9-7-12(23-17(29)11(21)3-6-16(27)28)18(30)24-13(8-10-35-2)19(31)25-14(20(32)33)4-5-15(22)26/h11-14H,3-10,21H2,1-2H3,(H2,22,26)(H,23,29)(H,24,30)(H,25,31)(H,27,28)(H,32,33). The zero-order valence-corrected chi connectivity index (χ0v) is 21.4. The molecule has 0 aliphatic carbocycles. The van der Waals surface area contributed by atoms with E-state index in [0.717, 1.165) is 0 Å². The van der Waals surface area contributed by atoms with E-state index in [-0.39, 0.29) is 38.5 Å². The second-order valence-electron chi connectivity index (χ2n) is 7.63. The Morgan fingerprint density at radius 3 is 1.57 bits per heavy atom. The maximum absolute atomic E-state index is 13.0. The fourth-order valence-corrected chi connectivity index (χ4v) is 3.73. The second kappa shape index (κ2) is 17.8. The summed E-state index contributed by atoms with van der Waals surface area (Å²) in [7, 11) is 0. The third kappa shape index (κ3) is 14.5. The van der Waals surface area contributed by atoms with Crippen molar-refractivity contribution in [2.24, 2.45) is 11.5 Å². The van der Waals surface area contributed by atoms with E-state index in [9.17, 15) is 33.9 Å². The van der Waals surface area contributed by atoms with E-state index in [1.807, 2.05) is 6.26 Å². The van der Waals surface area contributed by atoms with Crippen LogP contribution in [0.4, 0.5) is 0 Å². The lowest BCUT2D eigenvalue weighted by molar-refractivity contribution is -0.142. The van der Waals surface area contributed by atoms with Gasteiger partial charge in [0.2, 0.25) is 23.6 Å². The number of carbonyl (C=O) groups is 6. The van der Waals surface area contributed by atoms with E-state index >= 15 is 0 Å². The molecule has 0 aromatic heterocycles. The van der Waals surface area contributed by atoms with Gasteiger partial charge in [-0.1, -0.05) is 0 Å². The molecular formula is C20H35N5O8S2. The van der Waals surface area contributed by atoms with E-state index in [1.165, 1.54) is 23.5 Å². The van der Waals surface area contributed by atoms with E-state index in [2.05, 4.69) is 16.0 Å². The van der Waals surface area contributed by atoms with Crippen molar-refractivity contribution in [1.29, 1.82) is 0 Å². The lowest BCUT2D eigenvalue weighted by Gasteiger charge is -2.25. The van der Waals surface area contributed by atoms with Crippen LogP contribution in [0.15, 0.2) is 0 Å². The molecule has 0 aliphatic heterocycles. The summed E-state index contributed by atoms with van der Waals surface area (Å²) in [5.41, 5.74) is 10.8. The summed E-state index contributed by atoms with van der Waals surface area (Å²) in [6.45, 7) is 0. The van der Waals surface area contributed by atoms with Gasteiger partial charge in [-0.2, -0.15) is 23.5 Å². The molecule has 35 heavy (non-hydrogen) atoms. The summed E-state index contributed by atoms with van der Waals surface area (Å²) in [5.74, 6) is -4.32. The van der Waals surface area contributed by atoms with Crippen molar-refractivity contribution < 1.29 is 39.0 Å². The Kier molecular flexibility index (Phi) is 16.6. The predicted molar refractivity (Wildman–Crippen MR) is 133 cm³/mol. The molecule has 4 atom stereocenters. The Balaban J connectivity index is 5.40. The van der Waals surface area contributed by atoms with Crippen molar-refractivity contribution >= 4 is 59.1 Å². The molecule has 4 unspecified atom stereocenters. The quantitative estimate of drug-likeness (QED) is 0.100. The van der Waals surface area contributed by atoms with Crippen LogP contribution < -0.4 is 27.4 Å². The molecule has 0 aliphatic rings. The van der Waals surface area contributed by atoms with Crippen molar-refractivity contribution in [3.05, 3.63) is 0 Å². The molecule has 0 aromatic carbocycles. The summed E-state index contributed by atoms with van der Waals surface area (Å²) >= 11 is 2.84. The number of hydrogen-bond donors (Lipinski definition) is 7. The molecule has 0 radical (unpaired) electrons. The van der Waals surface area contributed by atoms with Crippen LogP contribution in [-0.4, -0.2) is 94.0 Å². The predicted octanol–water partition coefficient (Wildman–Crippen LogP) is -1.51. The number of carboxylic acid groups (broad SMARTS) is 2. The maximum atomic E-state index is 13.0. The highest BCUT2D eigenvalue weighted by atomic mass is 32.2. The van der Waals surface area contributed by atoms with Crippen LogP contribution in [0.25, 0.3) is 0 Å². The fraction of sp³-hybridized carbons (Fsp3) is 0.700. The van der Waals surface area contributed by atoms with Crippen molar-refractivity contribution in [3.63, 3.8) is 0 Å². The number of nitrogens with one attached hydrogen (secondary N) is 3. The van der Waals surface area contributed by atoms with Crippen LogP contribution in [-0.2, 0) is 28.8 Å². The van der Waals surface area contributed by atoms with E-state index in [1.54, 1.807) is 6.26 Å². The SMILES string of the molecule is CSCCC(NC(=O)C(N)CCC(=O)O)C(=O)NC(CCSC)C(=O)NC(CCC(N)=O)C(=O)O. The molecule has 0 saturated carbocycles. The van der Waals surface area contributed by atoms with Gasteiger partial charge in [0.05, 0.1) is 6.04 Å². The molecule has 0 heterocycles. The molecule has 9 N–H and O–H groups in total. The molecule has 13 nitrogen and oxygen atoms in total. The van der Waals surface area contributed by atoms with E-state index in [4.69, 9.17) is 16.6 Å². The van der Waals surface area contributed by atoms with Gasteiger partial charge in [-0.15, -0.1) is 0 Å². The average Bonchev–Trinajstić information content (AvgIpc) is 2.79. The molecule has 0 aromatic rings. The number of hydrogen-bond acceptors (Lipinski definition) is 9. The minimum absolute atomic E-state index is 0.112. The van der Waals surface area contributed by atoms with Crippen molar-refractivity contribution in [2.45, 2.75) is 62.7 Å². The monoisotopic (exact) mass is 537 g/mol. The molecule has 0 rings (SSSR count). The van der Waals surface area contributed by atoms with Crippen LogP contribution in [0, 0.1) is 0 Å². The van der Waals surface area contributed by atoms with Crippen LogP contribution in [0.2, 0.25) is 0 Å². The first kappa shape index (κ1) is 32.5. The van der Waals surface area contributed by atoms with Crippen molar-refractivity contribution in [3.8, 4) is 0 Å². The molecule has 0 fully saturated rings. The minimum atomic E-state index is -1.37. The number of carbonyl (C=O) groups excluding carboxylic acids is 4. The second-order valence-corrected chi connectivity index (χ2v) is 9.60. The lowest BCUT2D eigenvalue weighted by Crippen LogP contribution is -2.57. The van der Waals surface area contributed by atoms with Crippen LogP contribution in [0.1, 0.15) is 38.5 Å². The van der Waals surface area contributed by atoms with Crippen LogP contribution >= 0.6 is 23.5 Å². The number of thioether (sulfide) groups is 2. The van der Waals surface area contributed by atoms with Crippen molar-refractivity contribution in [1.82, 2.24) is 16.0 Å². The first-order valence-corrected chi connectivity index (χ1v) is 13.6. The Morgan fingerprint density at radius 2 is 1.17 bits per heavy atom. The Hall–Kier alpha value is -2.52. The van der Waals surface area contributed by atoms with Gasteiger partial charge in [0.25, 0.3) is 0 Å². The maximum Gasteiger partial charge on any atom is 0.326 e. The number of aliphatic carboxylic acids is 2. The van der Waals surface area contributed by atoms with Gasteiger partial charge in [0.1, 0.15) is 18.1 Å². The smallest absolute Gasteiger partial charge is 0.326 e. The van der Waals surface area contributed by atoms with Gasteiger partial charge >= 0.3 is 11.9 Å². The zero-order valence-electron chi connectivity index (χ0n) is 19.8. The lowest BCUT2D eigenvalue weighted by atomic mass is 10.1. The molecule has 4 amide bonds. The topological polar surface area (TPSA) is 231 Å². The third-order valence-electron chi connectivity index (χ3n) is 4.79. The highest BCUT2D eigenvalue weighted by Gasteiger charge is 2.30. The van der Waals surface area contributed by atoms with Crippen molar-refractivity contribution in [2.75, 3.05) is 24.0 Å². The molecule has 200 valence electrons. The Bertz CT molecular complexity index is 755. The fourth-order valence-electron chi connectivity index (χ4n) is 2.79. The highest BCUT2D eigenvalue weighted by Crippen LogP contribution is 2.07. The molecule has 15 heteroatoms. The third-order valence-corrected chi connectivity index (χ3v) is 6.08. The molecule has 0 saturated heterocycles. The van der Waals surface area contributed by atoms with Crippen LogP contribution in [0.3, 0.4) is 0 Å². The summed E-state index contributed by atoms with van der Waals surface area (Å²) < 4.78 is 0. The molecule has 0 spiro atoms. The normalized spacial score (nSPS) is 14.1. The van der Waals surface area contributed by atoms with E-state index in [0.29, 0.717) is 11.5 Å². The number of amides is 4. The van der Waals surface area contributed by atoms with Crippen LogP contribution in [0.5, 0.6) is 0 Å². The molecule has 0 bridgehead atoms. The first-order chi connectivity index (χ1) is 16.4. The average molecular weight is 538 g/mol. The zero-order chi connectivity index (χ0) is 27.0. The first-order valence-electron chi connectivity index (χ1n) is 10.8. The van der Waals surface area contributed by atoms with Gasteiger partial charge in [0.15, 0.2) is 0 Å². The van der Waals surface area contributed by atoms with E-state index < -0.39 is 59.7 Å².